The van der Waals surface area contributed by atoms with Crippen LogP contribution in [0.2, 0.25) is 0 Å². The van der Waals surface area contributed by atoms with E-state index in [1.54, 1.807) is 0 Å². The van der Waals surface area contributed by atoms with Gasteiger partial charge in [0.2, 0.25) is 0 Å². The average Bonchev–Trinajstić information content (AvgIpc) is 3.01. The van der Waals surface area contributed by atoms with E-state index in [9.17, 15) is 0 Å². The number of hydrogen-bond donors (Lipinski definition) is 1. The van der Waals surface area contributed by atoms with Crippen molar-refractivity contribution in [1.29, 1.82) is 0 Å². The van der Waals surface area contributed by atoms with Gasteiger partial charge in [0.1, 0.15) is 5.75 Å². The lowest BCUT2D eigenvalue weighted by Gasteiger charge is -2.13. The predicted octanol–water partition coefficient (Wildman–Crippen LogP) is 3.10. The summed E-state index contributed by atoms with van der Waals surface area (Å²) in [6.07, 6.45) is 3.54. The van der Waals surface area contributed by atoms with E-state index in [1.807, 2.05) is 6.92 Å². The van der Waals surface area contributed by atoms with Crippen molar-refractivity contribution in [3.8, 4) is 5.75 Å². The molecule has 1 unspecified atom stereocenters. The van der Waals surface area contributed by atoms with E-state index in [-0.39, 0.29) is 18.4 Å². The Kier molecular flexibility index (Phi) is 5.29. The Balaban J connectivity index is 0.00000144. The van der Waals surface area contributed by atoms with E-state index in [4.69, 9.17) is 10.5 Å². The van der Waals surface area contributed by atoms with E-state index < -0.39 is 0 Å². The first kappa shape index (κ1) is 14.3. The Labute approximate surface area is 110 Å². The molecular weight excluding hydrogens is 234 g/mol. The molecule has 2 nitrogen and oxygen atoms in total. The molecule has 0 saturated heterocycles. The molecule has 17 heavy (non-hydrogen) atoms. The minimum atomic E-state index is 0. The molecule has 1 aromatic carbocycles. The summed E-state index contributed by atoms with van der Waals surface area (Å²) in [7, 11) is 0. The van der Waals surface area contributed by atoms with Crippen molar-refractivity contribution in [2.75, 3.05) is 6.61 Å². The molecule has 0 aliphatic heterocycles. The van der Waals surface area contributed by atoms with Gasteiger partial charge in [-0.1, -0.05) is 12.1 Å². The van der Waals surface area contributed by atoms with Crippen molar-refractivity contribution in [3.05, 3.63) is 29.3 Å². The van der Waals surface area contributed by atoms with E-state index in [0.29, 0.717) is 0 Å². The van der Waals surface area contributed by atoms with Gasteiger partial charge in [0.05, 0.1) is 6.61 Å². The summed E-state index contributed by atoms with van der Waals surface area (Å²) in [6, 6.07) is 6.58. The summed E-state index contributed by atoms with van der Waals surface area (Å²) < 4.78 is 5.89. The highest BCUT2D eigenvalue weighted by atomic mass is 35.5. The van der Waals surface area contributed by atoms with Gasteiger partial charge in [-0.25, -0.2) is 0 Å². The molecule has 96 valence electrons. The summed E-state index contributed by atoms with van der Waals surface area (Å²) in [6.45, 7) is 5.00. The fraction of sp³-hybridized carbons (Fsp3) is 0.571. The number of benzene rings is 1. The molecule has 0 spiro atoms. The third kappa shape index (κ3) is 4.57. The fourth-order valence-corrected chi connectivity index (χ4v) is 1.80. The van der Waals surface area contributed by atoms with Gasteiger partial charge < -0.3 is 10.5 Å². The van der Waals surface area contributed by atoms with Gasteiger partial charge in [-0.3, -0.25) is 0 Å². The highest BCUT2D eigenvalue weighted by Crippen LogP contribution is 2.30. The standard InChI is InChI=1S/C14H21NO.ClH/c1-10-3-6-13(8-11(2)15)14(7-10)16-9-12-4-5-12;/h3,6-7,11-12H,4-5,8-9,15H2,1-2H3;1H. The Morgan fingerprint density at radius 3 is 2.71 bits per heavy atom. The first-order valence-corrected chi connectivity index (χ1v) is 6.13. The molecule has 2 rings (SSSR count). The molecule has 0 radical (unpaired) electrons. The molecular formula is C14H22ClNO. The quantitative estimate of drug-likeness (QED) is 0.878. The molecule has 1 aromatic rings. The summed E-state index contributed by atoms with van der Waals surface area (Å²) in [5.41, 5.74) is 8.33. The predicted molar refractivity (Wildman–Crippen MR) is 74.0 cm³/mol. The Hall–Kier alpha value is -0.730. The largest absolute Gasteiger partial charge is 0.493 e. The van der Waals surface area contributed by atoms with E-state index in [1.165, 1.54) is 24.0 Å². The SMILES string of the molecule is Cc1ccc(CC(C)N)c(OCC2CC2)c1.Cl. The lowest BCUT2D eigenvalue weighted by molar-refractivity contribution is 0.296. The smallest absolute Gasteiger partial charge is 0.122 e. The first-order chi connectivity index (χ1) is 7.65. The van der Waals surface area contributed by atoms with Crippen molar-refractivity contribution in [2.24, 2.45) is 11.7 Å². The maximum Gasteiger partial charge on any atom is 0.122 e. The lowest BCUT2D eigenvalue weighted by atomic mass is 10.0. The summed E-state index contributed by atoms with van der Waals surface area (Å²) >= 11 is 0. The monoisotopic (exact) mass is 255 g/mol. The van der Waals surface area contributed by atoms with Gasteiger partial charge in [0, 0.05) is 6.04 Å². The van der Waals surface area contributed by atoms with Crippen LogP contribution in [0.3, 0.4) is 0 Å². The lowest BCUT2D eigenvalue weighted by Crippen LogP contribution is -2.18. The topological polar surface area (TPSA) is 35.2 Å². The molecule has 2 N–H and O–H groups in total. The van der Waals surface area contributed by atoms with Crippen LogP contribution in [0.4, 0.5) is 0 Å². The second kappa shape index (κ2) is 6.27. The zero-order valence-electron chi connectivity index (χ0n) is 10.6. The van der Waals surface area contributed by atoms with Gasteiger partial charge in [0.25, 0.3) is 0 Å². The zero-order chi connectivity index (χ0) is 11.5. The van der Waals surface area contributed by atoms with Crippen molar-refractivity contribution in [3.63, 3.8) is 0 Å². The summed E-state index contributed by atoms with van der Waals surface area (Å²) in [4.78, 5) is 0. The third-order valence-electron chi connectivity index (χ3n) is 2.94. The van der Waals surface area contributed by atoms with Crippen LogP contribution in [0.15, 0.2) is 18.2 Å². The number of hydrogen-bond acceptors (Lipinski definition) is 2. The zero-order valence-corrected chi connectivity index (χ0v) is 11.4. The number of halogens is 1. The maximum atomic E-state index is 5.89. The molecule has 0 heterocycles. The van der Waals surface area contributed by atoms with Crippen LogP contribution < -0.4 is 10.5 Å². The minimum Gasteiger partial charge on any atom is -0.493 e. The molecule has 1 aliphatic rings. The molecule has 1 saturated carbocycles. The third-order valence-corrected chi connectivity index (χ3v) is 2.94. The molecule has 0 amide bonds. The second-order valence-corrected chi connectivity index (χ2v) is 5.05. The highest BCUT2D eigenvalue weighted by molar-refractivity contribution is 5.85. The van der Waals surface area contributed by atoms with Crippen molar-refractivity contribution in [2.45, 2.75) is 39.2 Å². The number of ether oxygens (including phenoxy) is 1. The van der Waals surface area contributed by atoms with E-state index >= 15 is 0 Å². The number of rotatable bonds is 5. The average molecular weight is 256 g/mol. The fourth-order valence-electron chi connectivity index (χ4n) is 1.80. The van der Waals surface area contributed by atoms with Crippen LogP contribution in [0.25, 0.3) is 0 Å². The van der Waals surface area contributed by atoms with Crippen LogP contribution in [-0.2, 0) is 6.42 Å². The molecule has 3 heteroatoms. The second-order valence-electron chi connectivity index (χ2n) is 5.05. The molecule has 1 aliphatic carbocycles. The Morgan fingerprint density at radius 2 is 2.12 bits per heavy atom. The Morgan fingerprint density at radius 1 is 1.41 bits per heavy atom. The van der Waals surface area contributed by atoms with Crippen molar-refractivity contribution in [1.82, 2.24) is 0 Å². The van der Waals surface area contributed by atoms with E-state index in [2.05, 4.69) is 25.1 Å². The van der Waals surface area contributed by atoms with E-state index in [0.717, 1.165) is 24.7 Å². The number of nitrogens with two attached hydrogens (primary N) is 1. The first-order valence-electron chi connectivity index (χ1n) is 6.13. The van der Waals surface area contributed by atoms with Gasteiger partial charge in [0.15, 0.2) is 0 Å². The summed E-state index contributed by atoms with van der Waals surface area (Å²) in [5, 5.41) is 0. The number of aryl methyl sites for hydroxylation is 1. The molecule has 1 fully saturated rings. The van der Waals surface area contributed by atoms with Crippen molar-refractivity contribution < 1.29 is 4.74 Å². The van der Waals surface area contributed by atoms with Gasteiger partial charge in [-0.05, 0) is 56.2 Å². The van der Waals surface area contributed by atoms with Crippen LogP contribution in [-0.4, -0.2) is 12.6 Å². The van der Waals surface area contributed by atoms with Crippen molar-refractivity contribution >= 4 is 12.4 Å². The van der Waals surface area contributed by atoms with Gasteiger partial charge in [-0.15, -0.1) is 12.4 Å². The minimum absolute atomic E-state index is 0. The normalized spacial score (nSPS) is 16.2. The van der Waals surface area contributed by atoms with Crippen LogP contribution in [0, 0.1) is 12.8 Å². The van der Waals surface area contributed by atoms with Crippen LogP contribution in [0.5, 0.6) is 5.75 Å². The Bertz CT molecular complexity index is 361. The van der Waals surface area contributed by atoms with Gasteiger partial charge >= 0.3 is 0 Å². The molecule has 0 aromatic heterocycles. The maximum absolute atomic E-state index is 5.89. The van der Waals surface area contributed by atoms with Gasteiger partial charge in [-0.2, -0.15) is 0 Å². The molecule has 0 bridgehead atoms. The van der Waals surface area contributed by atoms with Crippen LogP contribution >= 0.6 is 12.4 Å². The molecule has 1 atom stereocenters. The summed E-state index contributed by atoms with van der Waals surface area (Å²) in [5.74, 6) is 1.83. The van der Waals surface area contributed by atoms with Crippen LogP contribution in [0.1, 0.15) is 30.9 Å². The highest BCUT2D eigenvalue weighted by Gasteiger charge is 2.22.